The van der Waals surface area contributed by atoms with E-state index in [1.807, 2.05) is 11.4 Å². The quantitative estimate of drug-likeness (QED) is 0.633. The molecule has 0 radical (unpaired) electrons. The van der Waals surface area contributed by atoms with Crippen molar-refractivity contribution in [3.8, 4) is 11.3 Å². The number of nitrogens with zero attached hydrogens (tertiary/aromatic N) is 1. The van der Waals surface area contributed by atoms with Gasteiger partial charge in [-0.25, -0.2) is 9.37 Å². The molecule has 6 heteroatoms. The Bertz CT molecular complexity index is 772. The molecule has 0 aliphatic rings. The van der Waals surface area contributed by atoms with Gasteiger partial charge in [0.25, 0.3) is 0 Å². The standard InChI is InChI=1S/C15H9Cl2FN2S/c16-12-6-5-11(7-13(12)17)19-15-20-14(8-21-15)9-1-3-10(18)4-2-9/h1-8H,(H,19,20). The molecule has 106 valence electrons. The van der Waals surface area contributed by atoms with Crippen molar-refractivity contribution in [2.45, 2.75) is 0 Å². The van der Waals surface area contributed by atoms with Crippen molar-refractivity contribution < 1.29 is 4.39 Å². The molecule has 0 saturated heterocycles. The Balaban J connectivity index is 1.81. The van der Waals surface area contributed by atoms with Gasteiger partial charge in [-0.2, -0.15) is 0 Å². The number of thiazole rings is 1. The summed E-state index contributed by atoms with van der Waals surface area (Å²) in [6.07, 6.45) is 0. The molecule has 0 atom stereocenters. The number of benzene rings is 2. The second-order valence-corrected chi connectivity index (χ2v) is 5.97. The van der Waals surface area contributed by atoms with Gasteiger partial charge in [0.1, 0.15) is 5.82 Å². The van der Waals surface area contributed by atoms with E-state index in [9.17, 15) is 4.39 Å². The molecular formula is C15H9Cl2FN2S. The van der Waals surface area contributed by atoms with Gasteiger partial charge >= 0.3 is 0 Å². The molecule has 0 bridgehead atoms. The highest BCUT2D eigenvalue weighted by Gasteiger charge is 2.06. The SMILES string of the molecule is Fc1ccc(-c2csc(Nc3ccc(Cl)c(Cl)c3)n2)cc1. The number of hydrogen-bond donors (Lipinski definition) is 1. The molecule has 0 amide bonds. The Morgan fingerprint density at radius 1 is 1.00 bits per heavy atom. The van der Waals surface area contributed by atoms with Gasteiger partial charge in [0, 0.05) is 16.6 Å². The monoisotopic (exact) mass is 338 g/mol. The van der Waals surface area contributed by atoms with Gasteiger partial charge in [-0.3, -0.25) is 0 Å². The molecular weight excluding hydrogens is 330 g/mol. The third kappa shape index (κ3) is 3.35. The van der Waals surface area contributed by atoms with Crippen LogP contribution >= 0.6 is 34.5 Å². The highest BCUT2D eigenvalue weighted by atomic mass is 35.5. The zero-order valence-electron chi connectivity index (χ0n) is 10.6. The van der Waals surface area contributed by atoms with E-state index < -0.39 is 0 Å². The van der Waals surface area contributed by atoms with Crippen LogP contribution < -0.4 is 5.32 Å². The van der Waals surface area contributed by atoms with E-state index in [0.717, 1.165) is 22.1 Å². The second-order valence-electron chi connectivity index (χ2n) is 4.30. The summed E-state index contributed by atoms with van der Waals surface area (Å²) in [5.74, 6) is -0.261. The van der Waals surface area contributed by atoms with Gasteiger partial charge in [0.2, 0.25) is 0 Å². The van der Waals surface area contributed by atoms with Gasteiger partial charge in [-0.05, 0) is 42.5 Å². The Morgan fingerprint density at radius 2 is 1.76 bits per heavy atom. The van der Waals surface area contributed by atoms with Gasteiger partial charge in [0.15, 0.2) is 5.13 Å². The van der Waals surface area contributed by atoms with Crippen molar-refractivity contribution in [1.29, 1.82) is 0 Å². The minimum atomic E-state index is -0.261. The fourth-order valence-corrected chi connectivity index (χ4v) is 2.82. The van der Waals surface area contributed by atoms with Crippen LogP contribution in [0.4, 0.5) is 15.2 Å². The third-order valence-corrected chi connectivity index (χ3v) is 4.31. The van der Waals surface area contributed by atoms with E-state index in [1.165, 1.54) is 23.5 Å². The predicted octanol–water partition coefficient (Wildman–Crippen LogP) is 6.00. The molecule has 1 heterocycles. The zero-order valence-corrected chi connectivity index (χ0v) is 12.9. The first-order valence-electron chi connectivity index (χ1n) is 6.05. The van der Waals surface area contributed by atoms with Crippen LogP contribution in [0.25, 0.3) is 11.3 Å². The number of halogens is 3. The predicted molar refractivity (Wildman–Crippen MR) is 87.3 cm³/mol. The Hall–Kier alpha value is -1.62. The lowest BCUT2D eigenvalue weighted by Crippen LogP contribution is -1.89. The molecule has 0 unspecified atom stereocenters. The lowest BCUT2D eigenvalue weighted by molar-refractivity contribution is 0.628. The number of aromatic nitrogens is 1. The van der Waals surface area contributed by atoms with Gasteiger partial charge < -0.3 is 5.32 Å². The summed E-state index contributed by atoms with van der Waals surface area (Å²) in [7, 11) is 0. The molecule has 0 spiro atoms. The smallest absolute Gasteiger partial charge is 0.187 e. The first-order valence-corrected chi connectivity index (χ1v) is 7.69. The van der Waals surface area contributed by atoms with E-state index in [0.29, 0.717) is 10.0 Å². The first-order chi connectivity index (χ1) is 10.1. The third-order valence-electron chi connectivity index (χ3n) is 2.82. The summed E-state index contributed by atoms with van der Waals surface area (Å²) in [6, 6.07) is 11.5. The van der Waals surface area contributed by atoms with Crippen LogP contribution in [0.5, 0.6) is 0 Å². The van der Waals surface area contributed by atoms with Crippen molar-refractivity contribution >= 4 is 45.4 Å². The number of rotatable bonds is 3. The molecule has 1 aromatic heterocycles. The summed E-state index contributed by atoms with van der Waals surface area (Å²) in [5, 5.41) is 6.79. The molecule has 3 aromatic rings. The maximum atomic E-state index is 12.9. The molecule has 0 fully saturated rings. The number of nitrogens with one attached hydrogen (secondary N) is 1. The lowest BCUT2D eigenvalue weighted by atomic mass is 10.2. The average Bonchev–Trinajstić information content (AvgIpc) is 2.92. The van der Waals surface area contributed by atoms with Gasteiger partial charge in [-0.15, -0.1) is 11.3 Å². The van der Waals surface area contributed by atoms with Crippen LogP contribution in [0, 0.1) is 5.82 Å². The summed E-state index contributed by atoms with van der Waals surface area (Å²) in [6.45, 7) is 0. The summed E-state index contributed by atoms with van der Waals surface area (Å²) < 4.78 is 12.9. The first kappa shape index (κ1) is 14.3. The van der Waals surface area contributed by atoms with E-state index in [-0.39, 0.29) is 5.82 Å². The zero-order chi connectivity index (χ0) is 14.8. The van der Waals surface area contributed by atoms with Crippen LogP contribution in [-0.2, 0) is 0 Å². The minimum Gasteiger partial charge on any atom is -0.331 e. The summed E-state index contributed by atoms with van der Waals surface area (Å²) >= 11 is 13.3. The van der Waals surface area contributed by atoms with Crippen LogP contribution in [0.3, 0.4) is 0 Å². The second kappa shape index (κ2) is 6.02. The molecule has 2 nitrogen and oxygen atoms in total. The van der Waals surface area contributed by atoms with Crippen LogP contribution in [0.15, 0.2) is 47.8 Å². The molecule has 0 saturated carbocycles. The minimum absolute atomic E-state index is 0.261. The topological polar surface area (TPSA) is 24.9 Å². The van der Waals surface area contributed by atoms with Gasteiger partial charge in [0.05, 0.1) is 15.7 Å². The Kier molecular flexibility index (Phi) is 4.10. The van der Waals surface area contributed by atoms with E-state index >= 15 is 0 Å². The largest absolute Gasteiger partial charge is 0.331 e. The van der Waals surface area contributed by atoms with Crippen LogP contribution in [0.1, 0.15) is 0 Å². The van der Waals surface area contributed by atoms with Gasteiger partial charge in [-0.1, -0.05) is 23.2 Å². The summed E-state index contributed by atoms with van der Waals surface area (Å²) in [5.41, 5.74) is 2.47. The highest BCUT2D eigenvalue weighted by molar-refractivity contribution is 7.14. The van der Waals surface area contributed by atoms with Crippen LogP contribution in [0.2, 0.25) is 10.0 Å². The average molecular weight is 339 g/mol. The number of anilines is 2. The van der Waals surface area contributed by atoms with E-state index in [4.69, 9.17) is 23.2 Å². The van der Waals surface area contributed by atoms with Crippen molar-refractivity contribution in [1.82, 2.24) is 4.98 Å². The van der Waals surface area contributed by atoms with Crippen molar-refractivity contribution in [2.24, 2.45) is 0 Å². The van der Waals surface area contributed by atoms with Crippen molar-refractivity contribution in [2.75, 3.05) is 5.32 Å². The van der Waals surface area contributed by atoms with Crippen molar-refractivity contribution in [3.05, 3.63) is 63.7 Å². The fourth-order valence-electron chi connectivity index (χ4n) is 1.78. The maximum Gasteiger partial charge on any atom is 0.187 e. The lowest BCUT2D eigenvalue weighted by Gasteiger charge is -2.03. The fraction of sp³-hybridized carbons (Fsp3) is 0. The molecule has 1 N–H and O–H groups in total. The number of hydrogen-bond acceptors (Lipinski definition) is 3. The maximum absolute atomic E-state index is 12.9. The highest BCUT2D eigenvalue weighted by Crippen LogP contribution is 2.30. The molecule has 21 heavy (non-hydrogen) atoms. The normalized spacial score (nSPS) is 10.6. The van der Waals surface area contributed by atoms with E-state index in [1.54, 1.807) is 24.3 Å². The molecule has 0 aliphatic heterocycles. The van der Waals surface area contributed by atoms with Crippen LogP contribution in [-0.4, -0.2) is 4.98 Å². The summed E-state index contributed by atoms with van der Waals surface area (Å²) in [4.78, 5) is 4.47. The Morgan fingerprint density at radius 3 is 2.48 bits per heavy atom. The van der Waals surface area contributed by atoms with Crippen molar-refractivity contribution in [3.63, 3.8) is 0 Å². The molecule has 2 aromatic carbocycles. The Labute approximate surface area is 135 Å². The molecule has 0 aliphatic carbocycles. The van der Waals surface area contributed by atoms with E-state index in [2.05, 4.69) is 10.3 Å². The molecule has 3 rings (SSSR count).